The molecule has 0 unspecified atom stereocenters. The Labute approximate surface area is 114 Å². The van der Waals surface area contributed by atoms with Crippen molar-refractivity contribution in [3.8, 4) is 0 Å². The molecule has 2 aromatic rings. The molecule has 0 fully saturated rings. The summed E-state index contributed by atoms with van der Waals surface area (Å²) in [5.74, 6) is -0.150. The molecule has 88 valence electrons. The van der Waals surface area contributed by atoms with Gasteiger partial charge in [-0.3, -0.25) is 0 Å². The first-order chi connectivity index (χ1) is 8.16. The Bertz CT molecular complexity index is 525. The molecule has 17 heavy (non-hydrogen) atoms. The maximum Gasteiger partial charge on any atom is 0.126 e. The number of benzene rings is 2. The lowest BCUT2D eigenvalue weighted by Crippen LogP contribution is -2.01. The molecular weight excluding hydrogens is 328 g/mol. The first-order valence-corrected chi connectivity index (χ1v) is 6.48. The third-order valence-corrected chi connectivity index (χ3v) is 3.52. The van der Waals surface area contributed by atoms with Gasteiger partial charge >= 0.3 is 0 Å². The van der Waals surface area contributed by atoms with E-state index >= 15 is 0 Å². The minimum atomic E-state index is -0.150. The van der Waals surface area contributed by atoms with Gasteiger partial charge in [0, 0.05) is 15.8 Å². The Balaban J connectivity index is 2.08. The van der Waals surface area contributed by atoms with Gasteiger partial charge in [0.25, 0.3) is 0 Å². The van der Waals surface area contributed by atoms with Crippen molar-refractivity contribution in [3.63, 3.8) is 0 Å². The second-order valence-electron chi connectivity index (χ2n) is 3.92. The van der Waals surface area contributed by atoms with Crippen molar-refractivity contribution in [2.45, 2.75) is 13.5 Å². The molecule has 0 spiro atoms. The van der Waals surface area contributed by atoms with Gasteiger partial charge in [-0.05, 0) is 58.8 Å². The molecule has 0 aliphatic rings. The molecule has 2 rings (SSSR count). The van der Waals surface area contributed by atoms with Crippen LogP contribution in [0, 0.1) is 16.3 Å². The van der Waals surface area contributed by atoms with Gasteiger partial charge in [0.1, 0.15) is 5.82 Å². The molecule has 1 N–H and O–H groups in total. The van der Waals surface area contributed by atoms with Gasteiger partial charge in [-0.15, -0.1) is 0 Å². The van der Waals surface area contributed by atoms with Crippen molar-refractivity contribution in [2.24, 2.45) is 0 Å². The number of rotatable bonds is 3. The average Bonchev–Trinajstić information content (AvgIpc) is 2.32. The summed E-state index contributed by atoms with van der Waals surface area (Å²) in [5, 5.41) is 3.35. The van der Waals surface area contributed by atoms with E-state index in [1.165, 1.54) is 9.64 Å². The van der Waals surface area contributed by atoms with Crippen molar-refractivity contribution in [3.05, 3.63) is 63.0 Å². The highest BCUT2D eigenvalue weighted by atomic mass is 127. The van der Waals surface area contributed by atoms with Crippen LogP contribution in [0.3, 0.4) is 0 Å². The Morgan fingerprint density at radius 2 is 1.94 bits per heavy atom. The Morgan fingerprint density at radius 3 is 2.65 bits per heavy atom. The van der Waals surface area contributed by atoms with E-state index in [2.05, 4.69) is 34.0 Å². The van der Waals surface area contributed by atoms with Gasteiger partial charge < -0.3 is 5.32 Å². The molecule has 0 amide bonds. The molecule has 3 heteroatoms. The van der Waals surface area contributed by atoms with Crippen LogP contribution in [-0.4, -0.2) is 0 Å². The van der Waals surface area contributed by atoms with Crippen LogP contribution >= 0.6 is 22.6 Å². The van der Waals surface area contributed by atoms with Gasteiger partial charge in [-0.1, -0.05) is 24.3 Å². The van der Waals surface area contributed by atoms with Crippen molar-refractivity contribution in [1.82, 2.24) is 0 Å². The quantitative estimate of drug-likeness (QED) is 0.819. The molecule has 0 saturated heterocycles. The molecule has 2 aromatic carbocycles. The van der Waals surface area contributed by atoms with Crippen molar-refractivity contribution in [1.29, 1.82) is 0 Å². The monoisotopic (exact) mass is 341 g/mol. The fourth-order valence-electron chi connectivity index (χ4n) is 1.62. The first-order valence-electron chi connectivity index (χ1n) is 5.40. The van der Waals surface area contributed by atoms with Gasteiger partial charge in [0.2, 0.25) is 0 Å². The van der Waals surface area contributed by atoms with Crippen molar-refractivity contribution in [2.75, 3.05) is 5.32 Å². The van der Waals surface area contributed by atoms with Gasteiger partial charge in [0.15, 0.2) is 0 Å². The first kappa shape index (κ1) is 12.4. The third kappa shape index (κ3) is 3.19. The smallest absolute Gasteiger partial charge is 0.126 e. The maximum absolute atomic E-state index is 13.1. The SMILES string of the molecule is Cc1cc(CNc2ccccc2I)ccc1F. The number of para-hydroxylation sites is 1. The van der Waals surface area contributed by atoms with Crippen LogP contribution in [0.2, 0.25) is 0 Å². The second-order valence-corrected chi connectivity index (χ2v) is 5.08. The van der Waals surface area contributed by atoms with E-state index in [4.69, 9.17) is 0 Å². The summed E-state index contributed by atoms with van der Waals surface area (Å²) in [6.07, 6.45) is 0. The highest BCUT2D eigenvalue weighted by Gasteiger charge is 2.00. The molecule has 0 heterocycles. The number of aryl methyl sites for hydroxylation is 1. The van der Waals surface area contributed by atoms with Crippen molar-refractivity contribution < 1.29 is 4.39 Å². The molecule has 0 saturated carbocycles. The van der Waals surface area contributed by atoms with E-state index in [0.717, 1.165) is 11.3 Å². The van der Waals surface area contributed by atoms with Crippen LogP contribution in [0.1, 0.15) is 11.1 Å². The van der Waals surface area contributed by atoms with E-state index in [1.54, 1.807) is 6.92 Å². The number of anilines is 1. The van der Waals surface area contributed by atoms with Crippen LogP contribution < -0.4 is 5.32 Å². The van der Waals surface area contributed by atoms with Crippen molar-refractivity contribution >= 4 is 28.3 Å². The lowest BCUT2D eigenvalue weighted by Gasteiger charge is -2.09. The molecule has 0 aliphatic carbocycles. The standard InChI is InChI=1S/C14H13FIN/c1-10-8-11(6-7-12(10)15)9-17-14-5-3-2-4-13(14)16/h2-8,17H,9H2,1H3. The normalized spacial score (nSPS) is 10.3. The Morgan fingerprint density at radius 1 is 1.18 bits per heavy atom. The summed E-state index contributed by atoms with van der Waals surface area (Å²) >= 11 is 2.29. The number of hydrogen-bond donors (Lipinski definition) is 1. The molecule has 0 aromatic heterocycles. The summed E-state index contributed by atoms with van der Waals surface area (Å²) in [6.45, 7) is 2.49. The van der Waals surface area contributed by atoms with E-state index in [1.807, 2.05) is 30.3 Å². The fraction of sp³-hybridized carbons (Fsp3) is 0.143. The summed E-state index contributed by atoms with van der Waals surface area (Å²) in [4.78, 5) is 0. The van der Waals surface area contributed by atoms with E-state index in [0.29, 0.717) is 12.1 Å². The zero-order valence-electron chi connectivity index (χ0n) is 9.50. The minimum absolute atomic E-state index is 0.150. The fourth-order valence-corrected chi connectivity index (χ4v) is 2.20. The van der Waals surface area contributed by atoms with Crippen LogP contribution in [0.4, 0.5) is 10.1 Å². The third-order valence-electron chi connectivity index (χ3n) is 2.58. The highest BCUT2D eigenvalue weighted by Crippen LogP contribution is 2.18. The van der Waals surface area contributed by atoms with Gasteiger partial charge in [0.05, 0.1) is 0 Å². The highest BCUT2D eigenvalue weighted by molar-refractivity contribution is 14.1. The second kappa shape index (κ2) is 5.49. The Kier molecular flexibility index (Phi) is 3.99. The van der Waals surface area contributed by atoms with Crippen LogP contribution in [0.25, 0.3) is 0 Å². The average molecular weight is 341 g/mol. The minimum Gasteiger partial charge on any atom is -0.380 e. The predicted molar refractivity (Wildman–Crippen MR) is 77.6 cm³/mol. The maximum atomic E-state index is 13.1. The summed E-state index contributed by atoms with van der Waals surface area (Å²) in [5.41, 5.74) is 2.88. The molecule has 0 atom stereocenters. The molecule has 0 bridgehead atoms. The van der Waals surface area contributed by atoms with Crippen LogP contribution in [-0.2, 0) is 6.54 Å². The van der Waals surface area contributed by atoms with E-state index < -0.39 is 0 Å². The summed E-state index contributed by atoms with van der Waals surface area (Å²) in [7, 11) is 0. The molecule has 1 nitrogen and oxygen atoms in total. The largest absolute Gasteiger partial charge is 0.380 e. The zero-order valence-corrected chi connectivity index (χ0v) is 11.7. The Hall–Kier alpha value is -1.10. The lowest BCUT2D eigenvalue weighted by molar-refractivity contribution is 0.617. The summed E-state index contributed by atoms with van der Waals surface area (Å²) in [6, 6.07) is 13.3. The summed E-state index contributed by atoms with van der Waals surface area (Å²) < 4.78 is 14.3. The van der Waals surface area contributed by atoms with E-state index in [-0.39, 0.29) is 5.82 Å². The van der Waals surface area contributed by atoms with Gasteiger partial charge in [-0.25, -0.2) is 4.39 Å². The van der Waals surface area contributed by atoms with Crippen LogP contribution in [0.5, 0.6) is 0 Å². The molecular formula is C14H13FIN. The van der Waals surface area contributed by atoms with Crippen LogP contribution in [0.15, 0.2) is 42.5 Å². The predicted octanol–water partition coefficient (Wildman–Crippen LogP) is 4.35. The molecule has 0 aliphatic heterocycles. The van der Waals surface area contributed by atoms with E-state index in [9.17, 15) is 4.39 Å². The number of nitrogens with one attached hydrogen (secondary N) is 1. The number of halogens is 2. The number of hydrogen-bond acceptors (Lipinski definition) is 1. The zero-order chi connectivity index (χ0) is 12.3. The topological polar surface area (TPSA) is 12.0 Å². The lowest BCUT2D eigenvalue weighted by atomic mass is 10.1. The van der Waals surface area contributed by atoms with Gasteiger partial charge in [-0.2, -0.15) is 0 Å². The molecule has 0 radical (unpaired) electrons.